The van der Waals surface area contributed by atoms with E-state index in [2.05, 4.69) is 0 Å². The van der Waals surface area contributed by atoms with Crippen molar-refractivity contribution < 1.29 is 27.1 Å². The fourth-order valence-corrected chi connectivity index (χ4v) is 6.47. The van der Waals surface area contributed by atoms with Gasteiger partial charge in [-0.3, -0.25) is 9.59 Å². The van der Waals surface area contributed by atoms with Gasteiger partial charge in [-0.15, -0.1) is 0 Å². The van der Waals surface area contributed by atoms with Crippen LogP contribution >= 0.6 is 0 Å². The number of rotatable bonds is 8. The van der Waals surface area contributed by atoms with Crippen LogP contribution in [0.1, 0.15) is 45.6 Å². The Morgan fingerprint density at radius 3 is 2.15 bits per heavy atom. The number of benzene rings is 4. The zero-order valence-corrected chi connectivity index (χ0v) is 21.8. The van der Waals surface area contributed by atoms with Gasteiger partial charge in [0.1, 0.15) is 5.82 Å². The van der Waals surface area contributed by atoms with Crippen molar-refractivity contribution in [3.63, 3.8) is 0 Å². The topological polar surface area (TPSA) is 80.8 Å². The second-order valence-electron chi connectivity index (χ2n) is 9.25. The Kier molecular flexibility index (Phi) is 7.67. The summed E-state index contributed by atoms with van der Waals surface area (Å²) in [6.45, 7) is 0.139. The summed E-state index contributed by atoms with van der Waals surface area (Å²) in [4.78, 5) is 26.8. The average Bonchev–Trinajstić information content (AvgIpc) is 2.97. The van der Waals surface area contributed by atoms with Gasteiger partial charge in [0.15, 0.2) is 6.10 Å². The number of hydrogen-bond donors (Lipinski definition) is 0. The van der Waals surface area contributed by atoms with Crippen LogP contribution in [-0.2, 0) is 26.0 Å². The summed E-state index contributed by atoms with van der Waals surface area (Å²) < 4.78 is 47.8. The third-order valence-electron chi connectivity index (χ3n) is 6.79. The lowest BCUT2D eigenvalue weighted by Gasteiger charge is -2.36. The minimum absolute atomic E-state index is 0.0666. The second kappa shape index (κ2) is 11.3. The fraction of sp³-hybridized carbons (Fsp3) is 0.161. The molecule has 2 unspecified atom stereocenters. The van der Waals surface area contributed by atoms with Crippen LogP contribution in [0.25, 0.3) is 0 Å². The number of carbonyl (C=O) groups is 2. The number of ether oxygens (including phenoxy) is 1. The molecule has 1 aliphatic heterocycles. The number of esters is 1. The predicted molar refractivity (Wildman–Crippen MR) is 144 cm³/mol. The Hall–Kier alpha value is -4.14. The molecule has 2 atom stereocenters. The van der Waals surface area contributed by atoms with Crippen molar-refractivity contribution in [3.05, 3.63) is 137 Å². The molecule has 0 spiro atoms. The molecule has 4 aromatic rings. The molecule has 6 nitrogen and oxygen atoms in total. The number of Topliss-reactive ketones (excluding diaryl/α,β-unsaturated/α-hetero) is 1. The molecule has 0 N–H and O–H groups in total. The van der Waals surface area contributed by atoms with Gasteiger partial charge in [-0.25, -0.2) is 12.8 Å². The minimum atomic E-state index is -4.06. The Labute approximate surface area is 226 Å². The highest BCUT2D eigenvalue weighted by molar-refractivity contribution is 7.89. The molecule has 1 heterocycles. The van der Waals surface area contributed by atoms with Crippen LogP contribution in [0.3, 0.4) is 0 Å². The molecule has 0 radical (unpaired) electrons. The molecule has 0 fully saturated rings. The number of fused-ring (bicyclic) bond motifs is 1. The summed E-state index contributed by atoms with van der Waals surface area (Å²) >= 11 is 0. The molecule has 0 aromatic heterocycles. The summed E-state index contributed by atoms with van der Waals surface area (Å²) in [6.07, 6.45) is -1.04. The molecule has 0 saturated carbocycles. The van der Waals surface area contributed by atoms with Crippen molar-refractivity contribution >= 4 is 21.8 Å². The predicted octanol–water partition coefficient (Wildman–Crippen LogP) is 5.67. The number of nitrogens with zero attached hydrogens (tertiary/aromatic N) is 1. The van der Waals surface area contributed by atoms with Crippen LogP contribution in [0.5, 0.6) is 0 Å². The van der Waals surface area contributed by atoms with Gasteiger partial charge in [0.05, 0.1) is 17.4 Å². The van der Waals surface area contributed by atoms with Crippen molar-refractivity contribution in [2.45, 2.75) is 29.9 Å². The normalized spacial score (nSPS) is 16.2. The van der Waals surface area contributed by atoms with Crippen molar-refractivity contribution in [2.24, 2.45) is 0 Å². The first-order chi connectivity index (χ1) is 18.8. The van der Waals surface area contributed by atoms with Crippen molar-refractivity contribution in [1.82, 2.24) is 4.31 Å². The van der Waals surface area contributed by atoms with Crippen molar-refractivity contribution in [1.29, 1.82) is 0 Å². The second-order valence-corrected chi connectivity index (χ2v) is 11.1. The SMILES string of the molecule is O=C(CC1c2ccccc2CCN1S(=O)(=O)c1ccc(F)cc1)OC(C(=O)c1ccccc1)c1ccccc1. The number of halogens is 1. The molecule has 0 aliphatic carbocycles. The van der Waals surface area contributed by atoms with E-state index in [1.54, 1.807) is 72.8 Å². The molecular weight excluding hydrogens is 517 g/mol. The monoisotopic (exact) mass is 543 g/mol. The highest BCUT2D eigenvalue weighted by atomic mass is 32.2. The maximum Gasteiger partial charge on any atom is 0.308 e. The van der Waals surface area contributed by atoms with E-state index in [-0.39, 0.29) is 23.6 Å². The summed E-state index contributed by atoms with van der Waals surface area (Å²) in [7, 11) is -4.06. The third-order valence-corrected chi connectivity index (χ3v) is 8.71. The van der Waals surface area contributed by atoms with E-state index in [0.717, 1.165) is 17.7 Å². The lowest BCUT2D eigenvalue weighted by atomic mass is 9.92. The summed E-state index contributed by atoms with van der Waals surface area (Å²) in [6, 6.07) is 28.4. The van der Waals surface area contributed by atoms with Crippen LogP contribution in [0, 0.1) is 5.82 Å². The molecule has 0 bridgehead atoms. The van der Waals surface area contributed by atoms with Gasteiger partial charge >= 0.3 is 5.97 Å². The maximum absolute atomic E-state index is 13.6. The summed E-state index contributed by atoms with van der Waals surface area (Å²) in [5.41, 5.74) is 2.53. The van der Waals surface area contributed by atoms with Crippen molar-refractivity contribution in [2.75, 3.05) is 6.54 Å². The molecule has 0 amide bonds. The molecule has 8 heteroatoms. The van der Waals surface area contributed by atoms with E-state index < -0.39 is 34.0 Å². The van der Waals surface area contributed by atoms with Gasteiger partial charge in [-0.2, -0.15) is 4.31 Å². The zero-order chi connectivity index (χ0) is 27.4. The number of ketones is 1. The maximum atomic E-state index is 13.6. The average molecular weight is 544 g/mol. The van der Waals surface area contributed by atoms with Gasteiger partial charge in [-0.1, -0.05) is 84.9 Å². The molecule has 1 aliphatic rings. The number of sulfonamides is 1. The molecule has 198 valence electrons. The fourth-order valence-electron chi connectivity index (χ4n) is 4.86. The van der Waals surface area contributed by atoms with E-state index in [1.807, 2.05) is 12.1 Å². The first kappa shape index (κ1) is 26.5. The minimum Gasteiger partial charge on any atom is -0.449 e. The van der Waals surface area contributed by atoms with Gasteiger partial charge in [-0.05, 0) is 41.8 Å². The van der Waals surface area contributed by atoms with Crippen LogP contribution < -0.4 is 0 Å². The first-order valence-corrected chi connectivity index (χ1v) is 14.0. The lowest BCUT2D eigenvalue weighted by molar-refractivity contribution is -0.148. The quantitative estimate of drug-likeness (QED) is 0.211. The Balaban J connectivity index is 1.47. The molecule has 0 saturated heterocycles. The first-order valence-electron chi connectivity index (χ1n) is 12.5. The van der Waals surface area contributed by atoms with E-state index in [0.29, 0.717) is 23.1 Å². The molecular formula is C31H26FNO5S. The lowest BCUT2D eigenvalue weighted by Crippen LogP contribution is -2.41. The highest BCUT2D eigenvalue weighted by Crippen LogP contribution is 2.37. The number of hydrogen-bond acceptors (Lipinski definition) is 5. The van der Waals surface area contributed by atoms with E-state index in [4.69, 9.17) is 4.74 Å². The highest BCUT2D eigenvalue weighted by Gasteiger charge is 2.38. The Morgan fingerprint density at radius 1 is 0.846 bits per heavy atom. The molecule has 5 rings (SSSR count). The van der Waals surface area contributed by atoms with Gasteiger partial charge < -0.3 is 4.74 Å². The van der Waals surface area contributed by atoms with Crippen LogP contribution in [-0.4, -0.2) is 31.0 Å². The third kappa shape index (κ3) is 5.67. The molecule has 4 aromatic carbocycles. The van der Waals surface area contributed by atoms with Gasteiger partial charge in [0.2, 0.25) is 15.8 Å². The standard InChI is InChI=1S/C31H26FNO5S/c32-25-15-17-26(18-16-25)39(36,37)33-20-19-22-9-7-8-14-27(22)28(33)21-29(34)38-31(24-12-5-2-6-13-24)30(35)23-10-3-1-4-11-23/h1-18,28,31H,19-21H2. The van der Waals surface area contributed by atoms with Gasteiger partial charge in [0.25, 0.3) is 0 Å². The van der Waals surface area contributed by atoms with Crippen LogP contribution in [0.2, 0.25) is 0 Å². The van der Waals surface area contributed by atoms with Crippen LogP contribution in [0.15, 0.2) is 114 Å². The summed E-state index contributed by atoms with van der Waals surface area (Å²) in [5, 5.41) is 0. The van der Waals surface area contributed by atoms with Gasteiger partial charge in [0, 0.05) is 17.7 Å². The molecule has 39 heavy (non-hydrogen) atoms. The smallest absolute Gasteiger partial charge is 0.308 e. The van der Waals surface area contributed by atoms with E-state index in [1.165, 1.54) is 16.4 Å². The largest absolute Gasteiger partial charge is 0.449 e. The Bertz CT molecular complexity index is 1570. The Morgan fingerprint density at radius 2 is 1.46 bits per heavy atom. The zero-order valence-electron chi connectivity index (χ0n) is 20.9. The number of carbonyl (C=O) groups excluding carboxylic acids is 2. The van der Waals surface area contributed by atoms with Crippen LogP contribution in [0.4, 0.5) is 4.39 Å². The van der Waals surface area contributed by atoms with E-state index in [9.17, 15) is 22.4 Å². The summed E-state index contributed by atoms with van der Waals surface area (Å²) in [5.74, 6) is -1.64. The van der Waals surface area contributed by atoms with E-state index >= 15 is 0 Å². The van der Waals surface area contributed by atoms with Crippen molar-refractivity contribution in [3.8, 4) is 0 Å².